The lowest BCUT2D eigenvalue weighted by atomic mass is 9.68. The number of hydrogen-bond donors (Lipinski definition) is 0. The Kier molecular flexibility index (Phi) is 2.55. The van der Waals surface area contributed by atoms with Crippen molar-refractivity contribution in [1.82, 2.24) is 4.90 Å². The molecule has 19 heavy (non-hydrogen) atoms. The molecule has 0 aliphatic carbocycles. The largest absolute Gasteiger partial charge is 0.633 e. The highest BCUT2D eigenvalue weighted by atomic mass is 16.5. The van der Waals surface area contributed by atoms with Gasteiger partial charge in [-0.05, 0) is 38.2 Å². The number of fused-ring (bicyclic) bond motifs is 2. The quantitative estimate of drug-likeness (QED) is 0.492. The van der Waals surface area contributed by atoms with Crippen molar-refractivity contribution in [2.24, 2.45) is 11.8 Å². The van der Waals surface area contributed by atoms with E-state index < -0.39 is 0 Å². The summed E-state index contributed by atoms with van der Waals surface area (Å²) in [6.45, 7) is 2.46. The molecule has 4 rings (SSSR count). The Labute approximate surface area is 114 Å². The average molecular weight is 262 g/mol. The number of carbonyl (C=O) groups excluding carboxylic acids is 1. The van der Waals surface area contributed by atoms with Gasteiger partial charge < -0.3 is 14.8 Å². The third kappa shape index (κ3) is 1.62. The zero-order chi connectivity index (χ0) is 13.0. The van der Waals surface area contributed by atoms with Gasteiger partial charge in [-0.15, -0.1) is 0 Å². The van der Waals surface area contributed by atoms with E-state index in [-0.39, 0.29) is 16.6 Å². The second-order valence-electron chi connectivity index (χ2n) is 6.79. The van der Waals surface area contributed by atoms with Crippen LogP contribution in [-0.2, 0) is 4.79 Å². The molecular weight excluding hydrogens is 240 g/mol. The smallest absolute Gasteiger partial charge is 0.246 e. The van der Waals surface area contributed by atoms with Crippen molar-refractivity contribution in [2.45, 2.75) is 44.2 Å². The third-order valence-electron chi connectivity index (χ3n) is 5.90. The first-order chi connectivity index (χ1) is 9.19. The number of hydrogen-bond acceptors (Lipinski definition) is 2. The van der Waals surface area contributed by atoms with Crippen LogP contribution in [0.15, 0.2) is 12.2 Å². The van der Waals surface area contributed by atoms with Crippen LogP contribution in [0.1, 0.15) is 32.1 Å². The van der Waals surface area contributed by atoms with Gasteiger partial charge in [-0.2, -0.15) is 0 Å². The van der Waals surface area contributed by atoms with Crippen LogP contribution in [0.3, 0.4) is 0 Å². The maximum Gasteiger partial charge on any atom is 0.246 e. The van der Waals surface area contributed by atoms with E-state index in [1.807, 2.05) is 6.08 Å². The van der Waals surface area contributed by atoms with Gasteiger partial charge in [0.15, 0.2) is 0 Å². The van der Waals surface area contributed by atoms with Crippen molar-refractivity contribution in [2.75, 3.05) is 19.6 Å². The van der Waals surface area contributed by atoms with Gasteiger partial charge >= 0.3 is 0 Å². The predicted molar refractivity (Wildman–Crippen MR) is 71.9 cm³/mol. The summed E-state index contributed by atoms with van der Waals surface area (Å²) >= 11 is 0. The number of hydroxylamine groups is 3. The van der Waals surface area contributed by atoms with Crippen molar-refractivity contribution in [3.05, 3.63) is 17.4 Å². The minimum atomic E-state index is 0.0532. The summed E-state index contributed by atoms with van der Waals surface area (Å²) in [5, 5.41) is 13.1. The summed E-state index contributed by atoms with van der Waals surface area (Å²) in [7, 11) is 0. The van der Waals surface area contributed by atoms with E-state index in [1.54, 1.807) is 6.08 Å². The molecule has 5 atom stereocenters. The highest BCUT2D eigenvalue weighted by Crippen LogP contribution is 2.47. The van der Waals surface area contributed by atoms with Crippen LogP contribution in [0.25, 0.3) is 0 Å². The zero-order valence-electron chi connectivity index (χ0n) is 11.3. The van der Waals surface area contributed by atoms with E-state index in [0.717, 1.165) is 51.7 Å². The zero-order valence-corrected chi connectivity index (χ0v) is 11.3. The van der Waals surface area contributed by atoms with Gasteiger partial charge in [0.1, 0.15) is 0 Å². The molecule has 0 aromatic carbocycles. The molecule has 0 saturated carbocycles. The standard InChI is InChI=1S/C15H22N2O2/c18-14-7-1-6-13-12-5-3-9-17(19)8-2-4-11(15(12)17)10-16(13)14/h1,7,11-13,15H,2-6,8-10H2/t11-,12-,13+,15-,17+/m0/s1. The summed E-state index contributed by atoms with van der Waals surface area (Å²) in [5.74, 6) is 1.07. The minimum absolute atomic E-state index is 0.0532. The summed E-state index contributed by atoms with van der Waals surface area (Å²) < 4.78 is 0.0532. The number of amides is 1. The van der Waals surface area contributed by atoms with Crippen molar-refractivity contribution < 1.29 is 9.44 Å². The molecule has 0 N–H and O–H groups in total. The fourth-order valence-electron chi connectivity index (χ4n) is 5.25. The van der Waals surface area contributed by atoms with Crippen LogP contribution < -0.4 is 0 Å². The Morgan fingerprint density at radius 1 is 1.26 bits per heavy atom. The second-order valence-corrected chi connectivity index (χ2v) is 6.79. The highest BCUT2D eigenvalue weighted by molar-refractivity contribution is 5.88. The molecule has 0 unspecified atom stereocenters. The summed E-state index contributed by atoms with van der Waals surface area (Å²) in [5.41, 5.74) is 0. The Bertz CT molecular complexity index is 432. The lowest BCUT2D eigenvalue weighted by Gasteiger charge is -2.64. The van der Waals surface area contributed by atoms with Crippen LogP contribution in [0.2, 0.25) is 0 Å². The molecule has 0 radical (unpaired) electrons. The molecule has 4 heterocycles. The Balaban J connectivity index is 1.72. The van der Waals surface area contributed by atoms with E-state index in [2.05, 4.69) is 4.90 Å². The first kappa shape index (κ1) is 11.9. The summed E-state index contributed by atoms with van der Waals surface area (Å²) in [6, 6.07) is 0.589. The molecule has 4 aliphatic heterocycles. The molecule has 104 valence electrons. The fraction of sp³-hybridized carbons (Fsp3) is 0.800. The summed E-state index contributed by atoms with van der Waals surface area (Å²) in [6.07, 6.45) is 9.07. The lowest BCUT2D eigenvalue weighted by molar-refractivity contribution is -0.925. The number of nitrogens with zero attached hydrogens (tertiary/aromatic N) is 2. The molecule has 0 aromatic rings. The van der Waals surface area contributed by atoms with E-state index in [1.165, 1.54) is 0 Å². The minimum Gasteiger partial charge on any atom is -0.633 e. The SMILES string of the molecule is O=C1C=CC[C@@H]2[C@@H]3CCC[N@+]4([O-])CCC[C@@H](CN12)[C@@H]34. The molecule has 4 aliphatic rings. The van der Waals surface area contributed by atoms with Crippen molar-refractivity contribution in [3.8, 4) is 0 Å². The molecule has 1 amide bonds. The summed E-state index contributed by atoms with van der Waals surface area (Å²) in [4.78, 5) is 14.2. The molecule has 0 aromatic heterocycles. The maximum absolute atomic E-state index is 13.1. The molecular formula is C15H22N2O2. The lowest BCUT2D eigenvalue weighted by Crippen LogP contribution is -2.71. The van der Waals surface area contributed by atoms with Gasteiger partial charge in [0.2, 0.25) is 5.91 Å². The Morgan fingerprint density at radius 3 is 2.89 bits per heavy atom. The predicted octanol–water partition coefficient (Wildman–Crippen LogP) is 1.66. The van der Waals surface area contributed by atoms with Gasteiger partial charge in [-0.1, -0.05) is 6.08 Å². The number of piperidine rings is 3. The number of rotatable bonds is 0. The Hall–Kier alpha value is -0.870. The highest BCUT2D eigenvalue weighted by Gasteiger charge is 2.54. The van der Waals surface area contributed by atoms with E-state index >= 15 is 0 Å². The van der Waals surface area contributed by atoms with Gasteiger partial charge in [0.25, 0.3) is 0 Å². The number of carbonyl (C=O) groups is 1. The normalized spacial score (nSPS) is 48.7. The molecule has 0 bridgehead atoms. The number of quaternary nitrogens is 1. The van der Waals surface area contributed by atoms with Crippen LogP contribution in [0.5, 0.6) is 0 Å². The van der Waals surface area contributed by atoms with Crippen LogP contribution in [-0.4, -0.2) is 47.2 Å². The van der Waals surface area contributed by atoms with Gasteiger partial charge in [-0.3, -0.25) is 4.79 Å². The monoisotopic (exact) mass is 262 g/mol. The third-order valence-corrected chi connectivity index (χ3v) is 5.90. The first-order valence-electron chi connectivity index (χ1n) is 7.74. The van der Waals surface area contributed by atoms with Crippen LogP contribution in [0, 0.1) is 17.0 Å². The van der Waals surface area contributed by atoms with Crippen molar-refractivity contribution in [3.63, 3.8) is 0 Å². The maximum atomic E-state index is 13.1. The van der Waals surface area contributed by atoms with Gasteiger partial charge in [0, 0.05) is 24.4 Å². The topological polar surface area (TPSA) is 43.4 Å². The molecule has 3 saturated heterocycles. The van der Waals surface area contributed by atoms with Crippen LogP contribution >= 0.6 is 0 Å². The molecule has 4 heteroatoms. The second kappa shape index (κ2) is 4.06. The van der Waals surface area contributed by atoms with Crippen molar-refractivity contribution >= 4 is 5.91 Å². The molecule has 0 spiro atoms. The van der Waals surface area contributed by atoms with Crippen molar-refractivity contribution in [1.29, 1.82) is 0 Å². The average Bonchev–Trinajstić information content (AvgIpc) is 2.40. The molecule has 3 fully saturated rings. The van der Waals surface area contributed by atoms with E-state index in [4.69, 9.17) is 0 Å². The fourth-order valence-corrected chi connectivity index (χ4v) is 5.25. The molecule has 4 nitrogen and oxygen atoms in total. The Morgan fingerprint density at radius 2 is 2.05 bits per heavy atom. The van der Waals surface area contributed by atoms with Crippen LogP contribution in [0.4, 0.5) is 0 Å². The van der Waals surface area contributed by atoms with Gasteiger partial charge in [0.05, 0.1) is 19.1 Å². The van der Waals surface area contributed by atoms with Gasteiger partial charge in [-0.25, -0.2) is 0 Å². The first-order valence-corrected chi connectivity index (χ1v) is 7.74. The van der Waals surface area contributed by atoms with E-state index in [0.29, 0.717) is 17.9 Å². The van der Waals surface area contributed by atoms with E-state index in [9.17, 15) is 10.0 Å².